The Morgan fingerprint density at radius 2 is 2.00 bits per heavy atom. The molecule has 1 aromatic heterocycles. The lowest BCUT2D eigenvalue weighted by molar-refractivity contribution is 0.102. The van der Waals surface area contributed by atoms with Gasteiger partial charge in [0.05, 0.1) is 10.6 Å². The monoisotopic (exact) mass is 391 g/mol. The molecule has 0 spiro atoms. The number of rotatable bonds is 3. The van der Waals surface area contributed by atoms with Crippen molar-refractivity contribution in [3.05, 3.63) is 40.2 Å². The first-order valence-electron chi connectivity index (χ1n) is 7.53. The van der Waals surface area contributed by atoms with Crippen molar-refractivity contribution in [2.75, 3.05) is 18.4 Å². The fourth-order valence-electron chi connectivity index (χ4n) is 2.63. The van der Waals surface area contributed by atoms with Crippen LogP contribution < -0.4 is 10.6 Å². The van der Waals surface area contributed by atoms with Gasteiger partial charge in [0.2, 0.25) is 5.95 Å². The average molecular weight is 392 g/mol. The van der Waals surface area contributed by atoms with E-state index >= 15 is 0 Å². The van der Waals surface area contributed by atoms with Crippen LogP contribution in [0.4, 0.5) is 14.7 Å². The molecule has 1 aliphatic heterocycles. The summed E-state index contributed by atoms with van der Waals surface area (Å²) in [4.78, 5) is 16.5. The summed E-state index contributed by atoms with van der Waals surface area (Å²) in [7, 11) is 1.63. The molecule has 1 amide bonds. The van der Waals surface area contributed by atoms with Crippen LogP contribution >= 0.6 is 24.0 Å². The number of carbonyl (C=O) groups is 1. The van der Waals surface area contributed by atoms with E-state index in [0.29, 0.717) is 5.82 Å². The zero-order valence-corrected chi connectivity index (χ0v) is 14.9. The average Bonchev–Trinajstić information content (AvgIpc) is 2.92. The largest absolute Gasteiger partial charge is 0.317 e. The molecule has 2 heterocycles. The normalized spacial score (nSPS) is 14.9. The molecule has 0 bridgehead atoms. The number of amides is 1. The summed E-state index contributed by atoms with van der Waals surface area (Å²) in [6, 6.07) is 1.53. The molecule has 1 saturated heterocycles. The third kappa shape index (κ3) is 4.26. The smallest absolute Gasteiger partial charge is 0.261 e. The number of nitrogens with one attached hydrogen (secondary N) is 2. The Bertz CT molecular complexity index is 778. The van der Waals surface area contributed by atoms with Gasteiger partial charge in [0.1, 0.15) is 11.6 Å². The predicted octanol–water partition coefficient (Wildman–Crippen LogP) is 2.89. The topological polar surface area (TPSA) is 71.8 Å². The molecule has 1 aliphatic rings. The standard InChI is InChI=1S/C15H16ClF2N5O.ClH/c1-23-15(20-13(22-23)8-2-4-19-5-3-8)21-14(24)9-6-12(18)10(16)7-11(9)17;/h6-8,19H,2-5H2,1H3,(H,20,21,22,24);1H. The van der Waals surface area contributed by atoms with E-state index in [-0.39, 0.29) is 29.3 Å². The number of piperidine rings is 1. The summed E-state index contributed by atoms with van der Waals surface area (Å²) in [6.45, 7) is 1.78. The third-order valence-corrected chi connectivity index (χ3v) is 4.25. The second-order valence-electron chi connectivity index (χ2n) is 5.64. The summed E-state index contributed by atoms with van der Waals surface area (Å²) < 4.78 is 28.7. The van der Waals surface area contributed by atoms with Gasteiger partial charge in [-0.25, -0.2) is 13.5 Å². The van der Waals surface area contributed by atoms with Crippen molar-refractivity contribution in [3.63, 3.8) is 0 Å². The number of hydrogen-bond donors (Lipinski definition) is 2. The van der Waals surface area contributed by atoms with Crippen LogP contribution in [0.3, 0.4) is 0 Å². The van der Waals surface area contributed by atoms with Gasteiger partial charge >= 0.3 is 0 Å². The number of benzene rings is 1. The SMILES string of the molecule is Cl.Cn1nc(C2CCNCC2)nc1NC(=O)c1cc(F)c(Cl)cc1F. The molecule has 0 unspecified atom stereocenters. The van der Waals surface area contributed by atoms with E-state index in [0.717, 1.165) is 38.1 Å². The maximum atomic E-state index is 13.8. The molecule has 0 saturated carbocycles. The summed E-state index contributed by atoms with van der Waals surface area (Å²) >= 11 is 5.49. The fourth-order valence-corrected chi connectivity index (χ4v) is 2.78. The Morgan fingerprint density at radius 1 is 1.32 bits per heavy atom. The van der Waals surface area contributed by atoms with E-state index < -0.39 is 23.1 Å². The number of nitrogens with zero attached hydrogens (tertiary/aromatic N) is 3. The quantitative estimate of drug-likeness (QED) is 0.789. The molecule has 0 atom stereocenters. The van der Waals surface area contributed by atoms with Gasteiger partial charge in [-0.1, -0.05) is 11.6 Å². The number of aryl methyl sites for hydroxylation is 1. The Morgan fingerprint density at radius 3 is 2.68 bits per heavy atom. The number of aromatic nitrogens is 3. The van der Waals surface area contributed by atoms with E-state index in [1.165, 1.54) is 4.68 Å². The van der Waals surface area contributed by atoms with Crippen LogP contribution in [-0.4, -0.2) is 33.8 Å². The van der Waals surface area contributed by atoms with E-state index in [2.05, 4.69) is 20.7 Å². The molecule has 10 heteroatoms. The van der Waals surface area contributed by atoms with Crippen LogP contribution in [0.1, 0.15) is 34.9 Å². The lowest BCUT2D eigenvalue weighted by atomic mass is 9.98. The molecule has 0 aliphatic carbocycles. The van der Waals surface area contributed by atoms with Crippen LogP contribution in [0.15, 0.2) is 12.1 Å². The fraction of sp³-hybridized carbons (Fsp3) is 0.400. The molecule has 1 fully saturated rings. The first kappa shape index (κ1) is 19.6. The van der Waals surface area contributed by atoms with Gasteiger partial charge in [0, 0.05) is 13.0 Å². The molecule has 2 aromatic rings. The van der Waals surface area contributed by atoms with Gasteiger partial charge in [0.25, 0.3) is 5.91 Å². The van der Waals surface area contributed by atoms with Gasteiger partial charge in [0.15, 0.2) is 5.82 Å². The Hall–Kier alpha value is -1.77. The van der Waals surface area contributed by atoms with E-state index in [1.807, 2.05) is 0 Å². The first-order chi connectivity index (χ1) is 11.5. The van der Waals surface area contributed by atoms with Crippen molar-refractivity contribution in [2.24, 2.45) is 7.05 Å². The van der Waals surface area contributed by atoms with Gasteiger partial charge in [-0.2, -0.15) is 10.1 Å². The molecule has 136 valence electrons. The van der Waals surface area contributed by atoms with E-state index in [9.17, 15) is 13.6 Å². The van der Waals surface area contributed by atoms with Gasteiger partial charge in [-0.05, 0) is 38.1 Å². The summed E-state index contributed by atoms with van der Waals surface area (Å²) in [5.74, 6) is -1.54. The Balaban J connectivity index is 0.00000225. The first-order valence-corrected chi connectivity index (χ1v) is 7.91. The highest BCUT2D eigenvalue weighted by molar-refractivity contribution is 6.30. The molecule has 3 rings (SSSR count). The minimum absolute atomic E-state index is 0. The van der Waals surface area contributed by atoms with Gasteiger partial charge < -0.3 is 5.32 Å². The predicted molar refractivity (Wildman–Crippen MR) is 92.4 cm³/mol. The Labute approximate surface area is 154 Å². The highest BCUT2D eigenvalue weighted by atomic mass is 35.5. The number of carbonyl (C=O) groups excluding carboxylic acids is 1. The highest BCUT2D eigenvalue weighted by Crippen LogP contribution is 2.24. The van der Waals surface area contributed by atoms with Crippen molar-refractivity contribution in [2.45, 2.75) is 18.8 Å². The number of hydrogen-bond acceptors (Lipinski definition) is 4. The van der Waals surface area contributed by atoms with Crippen molar-refractivity contribution in [3.8, 4) is 0 Å². The van der Waals surface area contributed by atoms with Gasteiger partial charge in [-0.3, -0.25) is 10.1 Å². The van der Waals surface area contributed by atoms with Crippen LogP contribution in [-0.2, 0) is 7.05 Å². The minimum Gasteiger partial charge on any atom is -0.317 e. The maximum absolute atomic E-state index is 13.8. The second kappa shape index (κ2) is 8.07. The Kier molecular flexibility index (Phi) is 6.31. The summed E-state index contributed by atoms with van der Waals surface area (Å²) in [5.41, 5.74) is -0.441. The van der Waals surface area contributed by atoms with Crippen LogP contribution in [0, 0.1) is 11.6 Å². The maximum Gasteiger partial charge on any atom is 0.261 e. The van der Waals surface area contributed by atoms with E-state index in [1.54, 1.807) is 7.05 Å². The number of halogens is 4. The second-order valence-corrected chi connectivity index (χ2v) is 6.05. The van der Waals surface area contributed by atoms with E-state index in [4.69, 9.17) is 11.6 Å². The molecule has 1 aromatic carbocycles. The highest BCUT2D eigenvalue weighted by Gasteiger charge is 2.22. The minimum atomic E-state index is -0.903. The summed E-state index contributed by atoms with van der Waals surface area (Å²) in [6.07, 6.45) is 1.82. The summed E-state index contributed by atoms with van der Waals surface area (Å²) in [5, 5.41) is 9.64. The number of anilines is 1. The lowest BCUT2D eigenvalue weighted by Gasteiger charge is -2.19. The lowest BCUT2D eigenvalue weighted by Crippen LogP contribution is -2.27. The van der Waals surface area contributed by atoms with Crippen molar-refractivity contribution in [1.82, 2.24) is 20.1 Å². The molecular weight excluding hydrogens is 375 g/mol. The van der Waals surface area contributed by atoms with Crippen LogP contribution in [0.5, 0.6) is 0 Å². The van der Waals surface area contributed by atoms with Gasteiger partial charge in [-0.15, -0.1) is 12.4 Å². The third-order valence-electron chi connectivity index (χ3n) is 3.96. The molecule has 25 heavy (non-hydrogen) atoms. The van der Waals surface area contributed by atoms with Crippen LogP contribution in [0.25, 0.3) is 0 Å². The van der Waals surface area contributed by atoms with Crippen LogP contribution in [0.2, 0.25) is 5.02 Å². The zero-order valence-electron chi connectivity index (χ0n) is 13.4. The molecule has 2 N–H and O–H groups in total. The zero-order chi connectivity index (χ0) is 17.3. The van der Waals surface area contributed by atoms with Crippen molar-refractivity contribution in [1.29, 1.82) is 0 Å². The molecule has 0 radical (unpaired) electrons. The molecular formula is C15H17Cl2F2N5O. The van der Waals surface area contributed by atoms with Crippen molar-refractivity contribution >= 4 is 35.9 Å². The van der Waals surface area contributed by atoms with Crippen molar-refractivity contribution < 1.29 is 13.6 Å². The molecule has 6 nitrogen and oxygen atoms in total.